The summed E-state index contributed by atoms with van der Waals surface area (Å²) >= 11 is 5.65. The van der Waals surface area contributed by atoms with Gasteiger partial charge in [0.1, 0.15) is 23.0 Å². The molecule has 1 saturated heterocycles. The first-order chi connectivity index (χ1) is 16.8. The molecule has 1 fully saturated rings. The van der Waals surface area contributed by atoms with Gasteiger partial charge in [0.15, 0.2) is 17.3 Å². The number of nitrogens with one attached hydrogen (secondary N) is 1. The maximum atomic E-state index is 14.4. The lowest BCUT2D eigenvalue weighted by Gasteiger charge is -2.31. The molecule has 0 radical (unpaired) electrons. The molecule has 2 heterocycles. The van der Waals surface area contributed by atoms with Crippen molar-refractivity contribution in [3.05, 3.63) is 47.2 Å². The van der Waals surface area contributed by atoms with Gasteiger partial charge in [-0.3, -0.25) is 0 Å². The van der Waals surface area contributed by atoms with Crippen LogP contribution in [0.5, 0.6) is 11.5 Å². The molecule has 186 valence electrons. The molecular formula is C22H19ClF4N4O4. The molecule has 1 N–H and O–H groups in total. The molecule has 2 aromatic carbocycles. The number of halogens is 5. The van der Waals surface area contributed by atoms with Crippen molar-refractivity contribution < 1.29 is 36.6 Å². The number of anilines is 2. The predicted molar refractivity (Wildman–Crippen MR) is 118 cm³/mol. The molecule has 0 unspecified atom stereocenters. The molecule has 1 aliphatic rings. The van der Waals surface area contributed by atoms with E-state index in [9.17, 15) is 22.4 Å². The van der Waals surface area contributed by atoms with Gasteiger partial charge in [-0.1, -0.05) is 11.6 Å². The first-order valence-corrected chi connectivity index (χ1v) is 10.8. The van der Waals surface area contributed by atoms with E-state index in [1.165, 1.54) is 30.5 Å². The maximum Gasteiger partial charge on any atom is 0.415 e. The summed E-state index contributed by atoms with van der Waals surface area (Å²) < 4.78 is 68.4. The van der Waals surface area contributed by atoms with Gasteiger partial charge in [0.25, 0.3) is 0 Å². The molecule has 1 aromatic heterocycles. The van der Waals surface area contributed by atoms with Gasteiger partial charge < -0.3 is 24.4 Å². The number of carbonyl (C=O) groups excluding carboxylic acids is 1. The van der Waals surface area contributed by atoms with E-state index < -0.39 is 35.5 Å². The number of benzene rings is 2. The van der Waals surface area contributed by atoms with Crippen LogP contribution in [-0.4, -0.2) is 53.9 Å². The Balaban J connectivity index is 1.62. The minimum atomic E-state index is -2.94. The molecule has 0 spiro atoms. The standard InChI is InChI=1S/C22H19ClF4N4O4/c1-33-16-8-15-12(20(29-10-28-15)30-14-5-4-13(24)18(23)19(14)25)7-17(16)35-22(32)31-6-2-3-11(9-31)34-21(26)27/h4-5,7-8,10-11,21H,2-3,6,9H2,1H3,(H,28,29,30)/t11-/m0/s1. The van der Waals surface area contributed by atoms with Crippen molar-refractivity contribution in [1.29, 1.82) is 0 Å². The highest BCUT2D eigenvalue weighted by Gasteiger charge is 2.28. The van der Waals surface area contributed by atoms with E-state index in [1.54, 1.807) is 0 Å². The van der Waals surface area contributed by atoms with Crippen molar-refractivity contribution in [2.75, 3.05) is 25.5 Å². The predicted octanol–water partition coefficient (Wildman–Crippen LogP) is 5.52. The van der Waals surface area contributed by atoms with Gasteiger partial charge in [-0.2, -0.15) is 8.78 Å². The van der Waals surface area contributed by atoms with Gasteiger partial charge in [0, 0.05) is 18.0 Å². The molecule has 1 amide bonds. The van der Waals surface area contributed by atoms with Crippen molar-refractivity contribution in [3.63, 3.8) is 0 Å². The number of hydrogen-bond donors (Lipinski definition) is 1. The maximum absolute atomic E-state index is 14.4. The summed E-state index contributed by atoms with van der Waals surface area (Å²) in [5, 5.41) is 2.38. The van der Waals surface area contributed by atoms with Gasteiger partial charge in [-0.25, -0.2) is 23.5 Å². The Morgan fingerprint density at radius 2 is 2.03 bits per heavy atom. The highest BCUT2D eigenvalue weighted by Crippen LogP contribution is 2.36. The number of fused-ring (bicyclic) bond motifs is 1. The SMILES string of the molecule is COc1cc2ncnc(Nc3ccc(F)c(Cl)c3F)c2cc1OC(=O)N1CCC[C@H](OC(F)F)C1. The van der Waals surface area contributed by atoms with Crippen molar-refractivity contribution in [2.45, 2.75) is 25.6 Å². The highest BCUT2D eigenvalue weighted by atomic mass is 35.5. The van der Waals surface area contributed by atoms with Gasteiger partial charge in [0.05, 0.1) is 31.0 Å². The van der Waals surface area contributed by atoms with E-state index in [0.29, 0.717) is 30.3 Å². The normalized spacial score (nSPS) is 16.0. The lowest BCUT2D eigenvalue weighted by atomic mass is 10.1. The Labute approximate surface area is 201 Å². The quantitative estimate of drug-likeness (QED) is 0.342. The van der Waals surface area contributed by atoms with Crippen LogP contribution in [0.1, 0.15) is 12.8 Å². The van der Waals surface area contributed by atoms with E-state index in [0.717, 1.165) is 12.1 Å². The fourth-order valence-electron chi connectivity index (χ4n) is 3.67. The van der Waals surface area contributed by atoms with Crippen LogP contribution in [0.25, 0.3) is 10.9 Å². The summed E-state index contributed by atoms with van der Waals surface area (Å²) in [4.78, 5) is 22.3. The lowest BCUT2D eigenvalue weighted by Crippen LogP contribution is -2.45. The minimum Gasteiger partial charge on any atom is -0.493 e. The Bertz CT molecular complexity index is 1250. The molecule has 1 aliphatic heterocycles. The molecule has 0 bridgehead atoms. The summed E-state index contributed by atoms with van der Waals surface area (Å²) in [6.45, 7) is -2.69. The molecule has 4 rings (SSSR count). The second-order valence-electron chi connectivity index (χ2n) is 7.57. The zero-order valence-corrected chi connectivity index (χ0v) is 19.0. The number of ether oxygens (including phenoxy) is 3. The number of methoxy groups -OCH3 is 1. The van der Waals surface area contributed by atoms with Crippen LogP contribution in [0, 0.1) is 11.6 Å². The Morgan fingerprint density at radius 3 is 2.77 bits per heavy atom. The summed E-state index contributed by atoms with van der Waals surface area (Å²) in [6, 6.07) is 5.05. The third-order valence-corrected chi connectivity index (χ3v) is 5.68. The summed E-state index contributed by atoms with van der Waals surface area (Å²) in [5.74, 6) is -1.63. The van der Waals surface area contributed by atoms with Crippen molar-refractivity contribution >= 4 is 40.1 Å². The monoisotopic (exact) mass is 514 g/mol. The van der Waals surface area contributed by atoms with E-state index in [-0.39, 0.29) is 29.5 Å². The second kappa shape index (κ2) is 10.5. The van der Waals surface area contributed by atoms with Crippen LogP contribution in [0.3, 0.4) is 0 Å². The average Bonchev–Trinajstić information content (AvgIpc) is 2.84. The van der Waals surface area contributed by atoms with Crippen LogP contribution in [0.2, 0.25) is 5.02 Å². The Hall–Kier alpha value is -3.38. The molecule has 1 atom stereocenters. The van der Waals surface area contributed by atoms with Gasteiger partial charge in [-0.15, -0.1) is 0 Å². The zero-order valence-electron chi connectivity index (χ0n) is 18.2. The third kappa shape index (κ3) is 5.49. The average molecular weight is 515 g/mol. The van der Waals surface area contributed by atoms with Gasteiger partial charge in [-0.05, 0) is 31.0 Å². The molecule has 35 heavy (non-hydrogen) atoms. The molecule has 13 heteroatoms. The second-order valence-corrected chi connectivity index (χ2v) is 7.94. The first-order valence-electron chi connectivity index (χ1n) is 10.4. The van der Waals surface area contributed by atoms with Crippen LogP contribution < -0.4 is 14.8 Å². The fourth-order valence-corrected chi connectivity index (χ4v) is 3.84. The number of amides is 1. The number of likely N-dealkylation sites (tertiary alicyclic amines) is 1. The first kappa shape index (κ1) is 24.7. The van der Waals surface area contributed by atoms with Gasteiger partial charge in [0.2, 0.25) is 0 Å². The number of nitrogens with zero attached hydrogens (tertiary/aromatic N) is 3. The van der Waals surface area contributed by atoms with E-state index in [2.05, 4.69) is 20.0 Å². The van der Waals surface area contributed by atoms with Crippen molar-refractivity contribution in [2.24, 2.45) is 0 Å². The number of carbonyl (C=O) groups is 1. The zero-order chi connectivity index (χ0) is 25.1. The smallest absolute Gasteiger partial charge is 0.415 e. The summed E-state index contributed by atoms with van der Waals surface area (Å²) in [5.41, 5.74) is 0.236. The van der Waals surface area contributed by atoms with Crippen LogP contribution in [0.4, 0.5) is 33.9 Å². The molecule has 8 nitrogen and oxygen atoms in total. The minimum absolute atomic E-state index is 0.00244. The third-order valence-electron chi connectivity index (χ3n) is 5.34. The van der Waals surface area contributed by atoms with Crippen LogP contribution in [0.15, 0.2) is 30.6 Å². The van der Waals surface area contributed by atoms with E-state index in [4.69, 9.17) is 21.1 Å². The van der Waals surface area contributed by atoms with Gasteiger partial charge >= 0.3 is 12.7 Å². The fraction of sp³-hybridized carbons (Fsp3) is 0.318. The van der Waals surface area contributed by atoms with E-state index in [1.807, 2.05) is 0 Å². The molecule has 0 aliphatic carbocycles. The topological polar surface area (TPSA) is 85.8 Å². The van der Waals surface area contributed by atoms with Crippen molar-refractivity contribution in [3.8, 4) is 11.5 Å². The summed E-state index contributed by atoms with van der Waals surface area (Å²) in [6.07, 6.45) is 0.485. The summed E-state index contributed by atoms with van der Waals surface area (Å²) in [7, 11) is 1.36. The number of hydrogen-bond acceptors (Lipinski definition) is 7. The Kier molecular flexibility index (Phi) is 7.41. The number of piperidine rings is 1. The Morgan fingerprint density at radius 1 is 1.23 bits per heavy atom. The molecule has 3 aromatic rings. The number of aromatic nitrogens is 2. The largest absolute Gasteiger partial charge is 0.493 e. The molecule has 0 saturated carbocycles. The number of alkyl halides is 2. The number of rotatable bonds is 6. The van der Waals surface area contributed by atoms with E-state index >= 15 is 0 Å². The highest BCUT2D eigenvalue weighted by molar-refractivity contribution is 6.31. The lowest BCUT2D eigenvalue weighted by molar-refractivity contribution is -0.172. The van der Waals surface area contributed by atoms with Crippen LogP contribution in [-0.2, 0) is 4.74 Å². The van der Waals surface area contributed by atoms with Crippen LogP contribution >= 0.6 is 11.6 Å². The van der Waals surface area contributed by atoms with Crippen molar-refractivity contribution in [1.82, 2.24) is 14.9 Å². The molecular weight excluding hydrogens is 496 g/mol.